The Kier molecular flexibility index (Phi) is 4.99. The number of hydrogen-bond acceptors (Lipinski definition) is 5. The minimum atomic E-state index is -0.542. The molecule has 140 valence electrons. The fourth-order valence-electron chi connectivity index (χ4n) is 2.70. The van der Waals surface area contributed by atoms with Crippen molar-refractivity contribution in [3.05, 3.63) is 70.2 Å². The van der Waals surface area contributed by atoms with Crippen LogP contribution in [0.15, 0.2) is 62.9 Å². The van der Waals surface area contributed by atoms with Gasteiger partial charge in [0.15, 0.2) is 5.58 Å². The van der Waals surface area contributed by atoms with Crippen molar-refractivity contribution in [3.63, 3.8) is 0 Å². The van der Waals surface area contributed by atoms with Crippen LogP contribution in [-0.2, 0) is 16.8 Å². The first kappa shape index (κ1) is 18.6. The van der Waals surface area contributed by atoms with Crippen LogP contribution in [0.1, 0.15) is 43.6 Å². The highest BCUT2D eigenvalue weighted by Gasteiger charge is 2.15. The predicted octanol–water partition coefficient (Wildman–Crippen LogP) is 4.12. The molecule has 0 radical (unpaired) electrons. The number of carbonyl (C=O) groups excluding carboxylic acids is 1. The second-order valence-electron chi connectivity index (χ2n) is 7.45. The number of para-hydroxylation sites is 2. The minimum Gasteiger partial charge on any atom is -0.408 e. The Labute approximate surface area is 157 Å². The molecule has 0 spiro atoms. The van der Waals surface area contributed by atoms with Crippen molar-refractivity contribution < 1.29 is 14.0 Å². The maximum absolute atomic E-state index is 12.2. The number of hydrogen-bond donors (Lipinski definition) is 0. The van der Waals surface area contributed by atoms with Crippen LogP contribution >= 0.6 is 0 Å². The first-order chi connectivity index (χ1) is 12.8. The van der Waals surface area contributed by atoms with Gasteiger partial charge >= 0.3 is 11.7 Å². The van der Waals surface area contributed by atoms with Crippen molar-refractivity contribution in [1.82, 2.24) is 4.57 Å². The molecule has 0 fully saturated rings. The summed E-state index contributed by atoms with van der Waals surface area (Å²) in [5, 5.41) is 3.86. The van der Waals surface area contributed by atoms with Crippen molar-refractivity contribution in [1.29, 1.82) is 0 Å². The van der Waals surface area contributed by atoms with E-state index in [2.05, 4.69) is 25.9 Å². The Bertz CT molecular complexity index is 1050. The van der Waals surface area contributed by atoms with Crippen molar-refractivity contribution in [2.24, 2.45) is 5.16 Å². The molecule has 6 heteroatoms. The molecule has 0 amide bonds. The van der Waals surface area contributed by atoms with Gasteiger partial charge in [0.2, 0.25) is 0 Å². The SMILES string of the molecule is CC(Cn1c(=O)oc2ccccc21)=NOC(=O)c1ccc(C(C)(C)C)cc1. The predicted molar refractivity (Wildman–Crippen MR) is 104 cm³/mol. The van der Waals surface area contributed by atoms with E-state index in [-0.39, 0.29) is 12.0 Å². The van der Waals surface area contributed by atoms with Gasteiger partial charge in [-0.1, -0.05) is 50.2 Å². The molecule has 2 aromatic carbocycles. The Morgan fingerprint density at radius 2 is 1.78 bits per heavy atom. The van der Waals surface area contributed by atoms with E-state index in [1.807, 2.05) is 18.2 Å². The summed E-state index contributed by atoms with van der Waals surface area (Å²) in [5.41, 5.74) is 3.21. The molecule has 3 aromatic rings. The lowest BCUT2D eigenvalue weighted by Gasteiger charge is -2.18. The average Bonchev–Trinajstić information content (AvgIpc) is 2.94. The largest absolute Gasteiger partial charge is 0.420 e. The highest BCUT2D eigenvalue weighted by atomic mass is 16.7. The van der Waals surface area contributed by atoms with Gasteiger partial charge in [0.1, 0.15) is 0 Å². The second kappa shape index (κ2) is 7.23. The van der Waals surface area contributed by atoms with Crippen LogP contribution in [0.25, 0.3) is 11.1 Å². The molecule has 0 saturated heterocycles. The van der Waals surface area contributed by atoms with E-state index in [1.165, 1.54) is 4.57 Å². The average molecular weight is 366 g/mol. The zero-order chi connectivity index (χ0) is 19.6. The normalized spacial score (nSPS) is 12.4. The van der Waals surface area contributed by atoms with Crippen LogP contribution in [0.5, 0.6) is 0 Å². The van der Waals surface area contributed by atoms with E-state index in [4.69, 9.17) is 9.25 Å². The molecule has 0 atom stereocenters. The Morgan fingerprint density at radius 1 is 1.11 bits per heavy atom. The Hall–Kier alpha value is -3.15. The smallest absolute Gasteiger partial charge is 0.408 e. The summed E-state index contributed by atoms with van der Waals surface area (Å²) >= 11 is 0. The van der Waals surface area contributed by atoms with Crippen LogP contribution in [0.4, 0.5) is 0 Å². The molecule has 0 aliphatic rings. The minimum absolute atomic E-state index is 0.0117. The number of aromatic nitrogens is 1. The summed E-state index contributed by atoms with van der Waals surface area (Å²) in [5.74, 6) is -1.02. The van der Waals surface area contributed by atoms with E-state index >= 15 is 0 Å². The monoisotopic (exact) mass is 366 g/mol. The summed E-state index contributed by atoms with van der Waals surface area (Å²) in [6.45, 7) is 8.18. The number of nitrogens with zero attached hydrogens (tertiary/aromatic N) is 2. The quantitative estimate of drug-likeness (QED) is 0.395. The van der Waals surface area contributed by atoms with Gasteiger partial charge in [-0.3, -0.25) is 4.57 Å². The first-order valence-electron chi connectivity index (χ1n) is 8.69. The summed E-state index contributed by atoms with van der Waals surface area (Å²) in [6.07, 6.45) is 0. The summed E-state index contributed by atoms with van der Waals surface area (Å²) in [7, 11) is 0. The third kappa shape index (κ3) is 4.16. The fourth-order valence-corrected chi connectivity index (χ4v) is 2.70. The molecule has 1 heterocycles. The van der Waals surface area contributed by atoms with Crippen LogP contribution in [0, 0.1) is 0 Å². The molecule has 0 N–H and O–H groups in total. The molecule has 6 nitrogen and oxygen atoms in total. The Balaban J connectivity index is 1.71. The van der Waals surface area contributed by atoms with Gasteiger partial charge in [0.05, 0.1) is 23.3 Å². The van der Waals surface area contributed by atoms with Crippen molar-refractivity contribution in [2.45, 2.75) is 39.7 Å². The van der Waals surface area contributed by atoms with Gasteiger partial charge in [-0.25, -0.2) is 9.59 Å². The van der Waals surface area contributed by atoms with Gasteiger partial charge in [0, 0.05) is 0 Å². The zero-order valence-corrected chi connectivity index (χ0v) is 15.9. The number of carbonyl (C=O) groups is 1. The molecule has 0 bridgehead atoms. The molecule has 0 unspecified atom stereocenters. The molecular weight excluding hydrogens is 344 g/mol. The van der Waals surface area contributed by atoms with Gasteiger partial charge in [-0.15, -0.1) is 0 Å². The number of oxime groups is 1. The summed E-state index contributed by atoms with van der Waals surface area (Å²) in [4.78, 5) is 29.2. The lowest BCUT2D eigenvalue weighted by atomic mass is 9.87. The summed E-state index contributed by atoms with van der Waals surface area (Å²) in [6, 6.07) is 14.4. The molecule has 3 rings (SSSR count). The maximum Gasteiger partial charge on any atom is 0.420 e. The number of rotatable bonds is 4. The highest BCUT2D eigenvalue weighted by molar-refractivity contribution is 5.90. The molecule has 0 aliphatic heterocycles. The van der Waals surface area contributed by atoms with Crippen molar-refractivity contribution in [3.8, 4) is 0 Å². The fraction of sp³-hybridized carbons (Fsp3) is 0.286. The van der Waals surface area contributed by atoms with Crippen LogP contribution < -0.4 is 5.76 Å². The molecular formula is C21H22N2O4. The molecule has 27 heavy (non-hydrogen) atoms. The third-order valence-electron chi connectivity index (χ3n) is 4.23. The van der Waals surface area contributed by atoms with Crippen LogP contribution in [-0.4, -0.2) is 16.2 Å². The topological polar surface area (TPSA) is 73.8 Å². The lowest BCUT2D eigenvalue weighted by Crippen LogP contribution is -2.19. The maximum atomic E-state index is 12.2. The van der Waals surface area contributed by atoms with Gasteiger partial charge in [-0.05, 0) is 42.2 Å². The van der Waals surface area contributed by atoms with E-state index in [1.54, 1.807) is 37.3 Å². The highest BCUT2D eigenvalue weighted by Crippen LogP contribution is 2.22. The van der Waals surface area contributed by atoms with Crippen molar-refractivity contribution >= 4 is 22.8 Å². The van der Waals surface area contributed by atoms with E-state index < -0.39 is 11.7 Å². The number of fused-ring (bicyclic) bond motifs is 1. The van der Waals surface area contributed by atoms with E-state index in [0.717, 1.165) is 5.56 Å². The van der Waals surface area contributed by atoms with Crippen LogP contribution in [0.3, 0.4) is 0 Å². The van der Waals surface area contributed by atoms with Gasteiger partial charge in [0.25, 0.3) is 0 Å². The lowest BCUT2D eigenvalue weighted by molar-refractivity contribution is 0.0514. The zero-order valence-electron chi connectivity index (χ0n) is 15.9. The molecule has 1 aromatic heterocycles. The van der Waals surface area contributed by atoms with Crippen molar-refractivity contribution in [2.75, 3.05) is 0 Å². The van der Waals surface area contributed by atoms with Crippen LogP contribution in [0.2, 0.25) is 0 Å². The Morgan fingerprint density at radius 3 is 2.44 bits per heavy atom. The number of benzene rings is 2. The molecule has 0 saturated carbocycles. The second-order valence-corrected chi connectivity index (χ2v) is 7.45. The third-order valence-corrected chi connectivity index (χ3v) is 4.23. The van der Waals surface area contributed by atoms with Gasteiger partial charge < -0.3 is 9.25 Å². The summed E-state index contributed by atoms with van der Waals surface area (Å²) < 4.78 is 6.62. The van der Waals surface area contributed by atoms with Gasteiger partial charge in [-0.2, -0.15) is 0 Å². The molecule has 0 aliphatic carbocycles. The van der Waals surface area contributed by atoms with E-state index in [9.17, 15) is 9.59 Å². The number of oxazole rings is 1. The van der Waals surface area contributed by atoms with E-state index in [0.29, 0.717) is 22.4 Å². The standard InChI is InChI=1S/C21H22N2O4/c1-14(13-23-17-7-5-6-8-18(17)26-20(23)25)22-27-19(24)15-9-11-16(12-10-15)21(2,3)4/h5-12H,13H2,1-4H3. The first-order valence-corrected chi connectivity index (χ1v) is 8.69.